The summed E-state index contributed by atoms with van der Waals surface area (Å²) in [6, 6.07) is 12.9. The average molecular weight is 682 g/mol. The van der Waals surface area contributed by atoms with Crippen LogP contribution in [0.3, 0.4) is 0 Å². The predicted molar refractivity (Wildman–Crippen MR) is 187 cm³/mol. The summed E-state index contributed by atoms with van der Waals surface area (Å²) in [5.41, 5.74) is 6.17. The smallest absolute Gasteiger partial charge is 0.359 e. The van der Waals surface area contributed by atoms with E-state index in [2.05, 4.69) is 14.5 Å². The van der Waals surface area contributed by atoms with Crippen molar-refractivity contribution in [3.05, 3.63) is 83.3 Å². The molecule has 1 saturated heterocycles. The van der Waals surface area contributed by atoms with E-state index in [9.17, 15) is 22.8 Å². The van der Waals surface area contributed by atoms with E-state index in [1.165, 1.54) is 20.5 Å². The number of pyridine rings is 2. The van der Waals surface area contributed by atoms with E-state index in [1.807, 2.05) is 46.0 Å². The molecule has 3 aromatic heterocycles. The minimum absolute atomic E-state index is 0.0553. The van der Waals surface area contributed by atoms with Gasteiger partial charge in [0.1, 0.15) is 0 Å². The second kappa shape index (κ2) is 13.1. The third-order valence-electron chi connectivity index (χ3n) is 9.79. The summed E-state index contributed by atoms with van der Waals surface area (Å²) in [7, 11) is -1.97. The van der Waals surface area contributed by atoms with Gasteiger partial charge in [-0.2, -0.15) is 8.42 Å². The van der Waals surface area contributed by atoms with Gasteiger partial charge in [-0.15, -0.1) is 0 Å². The molecule has 0 radical (unpaired) electrons. The highest BCUT2D eigenvalue weighted by Crippen LogP contribution is 2.46. The molecule has 49 heavy (non-hydrogen) atoms. The van der Waals surface area contributed by atoms with E-state index < -0.39 is 21.2 Å². The molecule has 1 saturated carbocycles. The normalized spacial score (nSPS) is 16.7. The first-order valence-corrected chi connectivity index (χ1v) is 18.2. The largest absolute Gasteiger partial charge is 0.368 e. The number of hydrogen-bond acceptors (Lipinski definition) is 8. The third kappa shape index (κ3) is 6.18. The maximum Gasteiger partial charge on any atom is 0.359 e. The van der Waals surface area contributed by atoms with Crippen molar-refractivity contribution in [1.29, 1.82) is 0 Å². The fourth-order valence-corrected chi connectivity index (χ4v) is 8.33. The van der Waals surface area contributed by atoms with Crippen molar-refractivity contribution in [2.24, 2.45) is 0 Å². The maximum absolute atomic E-state index is 14.3. The molecule has 3 amide bonds. The van der Waals surface area contributed by atoms with Gasteiger partial charge in [0.15, 0.2) is 0 Å². The van der Waals surface area contributed by atoms with Crippen molar-refractivity contribution in [2.45, 2.75) is 44.6 Å². The van der Waals surface area contributed by atoms with E-state index >= 15 is 0 Å². The maximum atomic E-state index is 14.3. The van der Waals surface area contributed by atoms with Crippen LogP contribution in [-0.2, 0) is 21.4 Å². The van der Waals surface area contributed by atoms with Crippen molar-refractivity contribution >= 4 is 49.7 Å². The number of piperazine rings is 1. The van der Waals surface area contributed by atoms with Crippen molar-refractivity contribution in [3.63, 3.8) is 0 Å². The Bertz CT molecular complexity index is 2080. The molecule has 4 aromatic rings. The van der Waals surface area contributed by atoms with Gasteiger partial charge in [-0.25, -0.2) is 4.72 Å². The molecule has 0 atom stereocenters. The highest BCUT2D eigenvalue weighted by molar-refractivity contribution is 8.04. The molecule has 3 aliphatic rings. The number of nitrogens with one attached hydrogen (secondary N) is 1. The zero-order valence-corrected chi connectivity index (χ0v) is 28.4. The van der Waals surface area contributed by atoms with Crippen molar-refractivity contribution < 1.29 is 22.8 Å². The van der Waals surface area contributed by atoms with Gasteiger partial charge < -0.3 is 19.3 Å². The molecule has 0 spiro atoms. The van der Waals surface area contributed by atoms with Gasteiger partial charge in [0.2, 0.25) is 0 Å². The zero-order valence-electron chi connectivity index (χ0n) is 27.6. The number of aromatic nitrogens is 3. The Balaban J connectivity index is 1.29. The highest BCUT2D eigenvalue weighted by atomic mass is 32.2. The summed E-state index contributed by atoms with van der Waals surface area (Å²) in [5.74, 6) is -0.697. The quantitative estimate of drug-likeness (QED) is 0.329. The fraction of sp³-hybridized carbons (Fsp3) is 0.361. The Morgan fingerprint density at radius 1 is 0.918 bits per heavy atom. The first-order valence-electron chi connectivity index (χ1n) is 16.7. The zero-order chi connectivity index (χ0) is 34.3. The first kappa shape index (κ1) is 32.5. The molecular formula is C36H39N7O5S. The number of hydrogen-bond donors (Lipinski definition) is 1. The number of sulfonamides is 1. The molecule has 1 aromatic carbocycles. The van der Waals surface area contributed by atoms with Crippen molar-refractivity contribution in [1.82, 2.24) is 29.1 Å². The molecule has 1 aliphatic carbocycles. The van der Waals surface area contributed by atoms with Gasteiger partial charge in [0.05, 0.1) is 17.9 Å². The fourth-order valence-electron chi connectivity index (χ4n) is 7.40. The number of nitrogens with zero attached hydrogens (tertiary/aromatic N) is 6. The lowest BCUT2D eigenvalue weighted by molar-refractivity contribution is -0.127. The molecule has 5 heterocycles. The lowest BCUT2D eigenvalue weighted by Crippen LogP contribution is -2.49. The summed E-state index contributed by atoms with van der Waals surface area (Å²) < 4.78 is 29.2. The molecule has 7 rings (SSSR count). The van der Waals surface area contributed by atoms with E-state index in [0.29, 0.717) is 37.3 Å². The van der Waals surface area contributed by atoms with E-state index in [0.717, 1.165) is 64.2 Å². The topological polar surface area (TPSA) is 138 Å². The minimum Gasteiger partial charge on any atom is -0.368 e. The Kier molecular flexibility index (Phi) is 8.70. The molecule has 254 valence electrons. The van der Waals surface area contributed by atoms with Crippen molar-refractivity contribution in [3.8, 4) is 11.4 Å². The number of fused-ring (bicyclic) bond motifs is 5. The molecule has 2 aliphatic heterocycles. The van der Waals surface area contributed by atoms with Gasteiger partial charge in [-0.05, 0) is 60.7 Å². The van der Waals surface area contributed by atoms with Crippen LogP contribution < -0.4 is 9.62 Å². The second-order valence-electron chi connectivity index (χ2n) is 13.1. The van der Waals surface area contributed by atoms with Crippen LogP contribution in [0.15, 0.2) is 66.6 Å². The van der Waals surface area contributed by atoms with Crippen LogP contribution in [-0.4, -0.2) is 90.1 Å². The molecule has 13 heteroatoms. The molecule has 0 bridgehead atoms. The summed E-state index contributed by atoms with van der Waals surface area (Å²) in [4.78, 5) is 53.9. The summed E-state index contributed by atoms with van der Waals surface area (Å²) in [6.45, 7) is 2.77. The summed E-state index contributed by atoms with van der Waals surface area (Å²) >= 11 is 0. The minimum atomic E-state index is -4.58. The van der Waals surface area contributed by atoms with Crippen LogP contribution in [0.25, 0.3) is 28.4 Å². The average Bonchev–Trinajstić information content (AvgIpc) is 3.33. The molecule has 0 unspecified atom stereocenters. The van der Waals surface area contributed by atoms with Gasteiger partial charge in [-0.3, -0.25) is 24.4 Å². The second-order valence-corrected chi connectivity index (χ2v) is 14.7. The summed E-state index contributed by atoms with van der Waals surface area (Å²) in [6.07, 6.45) is 12.7. The Hall–Kier alpha value is -5.04. The number of anilines is 1. The van der Waals surface area contributed by atoms with E-state index in [1.54, 1.807) is 30.7 Å². The number of rotatable bonds is 4. The van der Waals surface area contributed by atoms with E-state index in [4.69, 9.17) is 4.98 Å². The van der Waals surface area contributed by atoms with Crippen LogP contribution in [0, 0.1) is 0 Å². The molecule has 1 N–H and O–H groups in total. The van der Waals surface area contributed by atoms with Gasteiger partial charge in [0, 0.05) is 92.2 Å². The SMILES string of the molecule is CN(C)C(=O)S(=O)(=O)NC(=O)c1ccc2c(C3CCCCC3)c3n(c2c1)CC(C(=O)N1CCN(c2ccncc2)CC1)=Cc1cccnc1-3. The van der Waals surface area contributed by atoms with Crippen LogP contribution >= 0.6 is 0 Å². The molecular weight excluding hydrogens is 643 g/mol. The van der Waals surface area contributed by atoms with Gasteiger partial charge >= 0.3 is 15.3 Å². The van der Waals surface area contributed by atoms with Crippen LogP contribution in [0.2, 0.25) is 0 Å². The summed E-state index contributed by atoms with van der Waals surface area (Å²) in [5, 5.41) is -0.266. The first-order chi connectivity index (χ1) is 23.6. The Morgan fingerprint density at radius 2 is 1.65 bits per heavy atom. The number of carbonyl (C=O) groups is 3. The highest BCUT2D eigenvalue weighted by Gasteiger charge is 2.33. The molecule has 12 nitrogen and oxygen atoms in total. The van der Waals surface area contributed by atoms with Crippen LogP contribution in [0.4, 0.5) is 10.5 Å². The Labute approximate surface area is 285 Å². The predicted octanol–water partition coefficient (Wildman–Crippen LogP) is 4.63. The number of benzene rings is 1. The lowest BCUT2D eigenvalue weighted by Gasteiger charge is -2.36. The van der Waals surface area contributed by atoms with Gasteiger partial charge in [0.25, 0.3) is 11.8 Å². The third-order valence-corrected chi connectivity index (χ3v) is 11.1. The Morgan fingerprint density at radius 3 is 2.37 bits per heavy atom. The monoisotopic (exact) mass is 681 g/mol. The van der Waals surface area contributed by atoms with Crippen LogP contribution in [0.1, 0.15) is 59.5 Å². The van der Waals surface area contributed by atoms with Gasteiger partial charge in [-0.1, -0.05) is 31.4 Å². The molecule has 2 fully saturated rings. The lowest BCUT2D eigenvalue weighted by atomic mass is 9.82. The van der Waals surface area contributed by atoms with Crippen LogP contribution in [0.5, 0.6) is 0 Å². The number of carbonyl (C=O) groups excluding carboxylic acids is 3. The van der Waals surface area contributed by atoms with E-state index in [-0.39, 0.29) is 23.9 Å². The van der Waals surface area contributed by atoms with Crippen molar-refractivity contribution in [2.75, 3.05) is 45.2 Å². The number of amides is 3. The standard InChI is InChI=1S/C36H39N7O5S/c1-40(2)36(46)49(47,48)39-34(44)26-10-11-29-30(22-26)43-23-27(35(45)42-19-17-41(18-20-42)28-12-15-37-16-13-28)21-25-9-6-14-38-32(25)33(43)31(29)24-7-4-3-5-8-24/h6,9-16,21-22,24H,3-5,7-8,17-20,23H2,1-2H3,(H,39,44).